The molecule has 0 saturated carbocycles. The van der Waals surface area contributed by atoms with Crippen LogP contribution >= 0.6 is 0 Å². The molecule has 0 amide bonds. The van der Waals surface area contributed by atoms with Crippen LogP contribution in [0.3, 0.4) is 0 Å². The second-order valence-corrected chi connectivity index (χ2v) is 9.41. The lowest BCUT2D eigenvalue weighted by Crippen LogP contribution is -2.12. The fourth-order valence-electron chi connectivity index (χ4n) is 5.47. The minimum Gasteiger partial charge on any atom is -0.309 e. The Bertz CT molecular complexity index is 1880. The summed E-state index contributed by atoms with van der Waals surface area (Å²) in [6.07, 6.45) is 0. The van der Waals surface area contributed by atoms with E-state index in [4.69, 9.17) is 0 Å². The van der Waals surface area contributed by atoms with E-state index in [0.717, 1.165) is 11.4 Å². The van der Waals surface area contributed by atoms with Crippen molar-refractivity contribution in [2.24, 2.45) is 0 Å². The van der Waals surface area contributed by atoms with Gasteiger partial charge in [-0.1, -0.05) is 127 Å². The first kappa shape index (κ1) is 21.4. The molecule has 7 aromatic rings. The Morgan fingerprint density at radius 1 is 0.351 bits per heavy atom. The number of para-hydroxylation sites is 1. The van der Waals surface area contributed by atoms with E-state index in [9.17, 15) is 0 Å². The second-order valence-electron chi connectivity index (χ2n) is 9.41. The Morgan fingerprint density at radius 3 is 1.81 bits per heavy atom. The molecule has 1 nitrogen and oxygen atoms in total. The zero-order chi connectivity index (χ0) is 24.6. The van der Waals surface area contributed by atoms with Crippen molar-refractivity contribution in [2.75, 3.05) is 4.90 Å². The molecule has 0 aliphatic rings. The highest BCUT2D eigenvalue weighted by atomic mass is 15.1. The van der Waals surface area contributed by atoms with Gasteiger partial charge in [0.25, 0.3) is 0 Å². The van der Waals surface area contributed by atoms with E-state index >= 15 is 0 Å². The largest absolute Gasteiger partial charge is 0.309 e. The molecule has 0 aliphatic heterocycles. The van der Waals surface area contributed by atoms with Crippen LogP contribution in [-0.4, -0.2) is 0 Å². The lowest BCUT2D eigenvalue weighted by atomic mass is 9.97. The lowest BCUT2D eigenvalue weighted by Gasteiger charge is -2.30. The number of nitrogens with zero attached hydrogens (tertiary/aromatic N) is 1. The van der Waals surface area contributed by atoms with Crippen molar-refractivity contribution < 1.29 is 0 Å². The third-order valence-electron chi connectivity index (χ3n) is 7.21. The fourth-order valence-corrected chi connectivity index (χ4v) is 5.47. The van der Waals surface area contributed by atoms with E-state index in [1.807, 2.05) is 0 Å². The Hall–Kier alpha value is -4.88. The van der Waals surface area contributed by atoms with Gasteiger partial charge in [0.1, 0.15) is 0 Å². The molecule has 0 radical (unpaired) electrons. The monoisotopic (exact) mass is 471 g/mol. The van der Waals surface area contributed by atoms with Crippen molar-refractivity contribution in [2.45, 2.75) is 0 Å². The van der Waals surface area contributed by atoms with Crippen LogP contribution in [-0.2, 0) is 0 Å². The quantitative estimate of drug-likeness (QED) is 0.231. The first-order valence-electron chi connectivity index (χ1n) is 12.7. The molecule has 0 aromatic heterocycles. The van der Waals surface area contributed by atoms with Crippen LogP contribution in [0.15, 0.2) is 152 Å². The van der Waals surface area contributed by atoms with E-state index in [-0.39, 0.29) is 0 Å². The summed E-state index contributed by atoms with van der Waals surface area (Å²) in [6.45, 7) is 0. The van der Waals surface area contributed by atoms with Crippen molar-refractivity contribution >= 4 is 49.4 Å². The molecule has 0 N–H and O–H groups in total. The van der Waals surface area contributed by atoms with Crippen molar-refractivity contribution in [1.29, 1.82) is 0 Å². The van der Waals surface area contributed by atoms with Crippen LogP contribution in [0.2, 0.25) is 0 Å². The summed E-state index contributed by atoms with van der Waals surface area (Å²) >= 11 is 0. The summed E-state index contributed by atoms with van der Waals surface area (Å²) in [5.74, 6) is 0. The Kier molecular flexibility index (Phi) is 5.19. The number of anilines is 3. The Labute approximate surface area is 216 Å². The van der Waals surface area contributed by atoms with E-state index in [2.05, 4.69) is 157 Å². The summed E-state index contributed by atoms with van der Waals surface area (Å²) in [6, 6.07) is 54.5. The molecule has 7 aromatic carbocycles. The first-order chi connectivity index (χ1) is 18.4. The minimum absolute atomic E-state index is 1.14. The van der Waals surface area contributed by atoms with Gasteiger partial charge in [-0.25, -0.2) is 0 Å². The molecule has 0 fully saturated rings. The second kappa shape index (κ2) is 8.96. The van der Waals surface area contributed by atoms with Crippen LogP contribution in [0.1, 0.15) is 0 Å². The lowest BCUT2D eigenvalue weighted by molar-refractivity contribution is 1.31. The molecule has 0 spiro atoms. The molecule has 0 heterocycles. The van der Waals surface area contributed by atoms with Crippen molar-refractivity contribution in [3.63, 3.8) is 0 Å². The maximum Gasteiger partial charge on any atom is 0.0546 e. The van der Waals surface area contributed by atoms with Gasteiger partial charge in [0, 0.05) is 16.6 Å². The number of hydrogen-bond donors (Lipinski definition) is 0. The third kappa shape index (κ3) is 3.73. The highest BCUT2D eigenvalue weighted by Gasteiger charge is 2.20. The van der Waals surface area contributed by atoms with Crippen molar-refractivity contribution in [3.05, 3.63) is 152 Å². The van der Waals surface area contributed by atoms with Crippen LogP contribution in [0.25, 0.3) is 43.4 Å². The molecule has 0 aliphatic carbocycles. The molecular formula is C36H25N. The summed E-state index contributed by atoms with van der Waals surface area (Å²) < 4.78 is 0. The van der Waals surface area contributed by atoms with Crippen LogP contribution in [0.4, 0.5) is 17.1 Å². The molecule has 7 rings (SSSR count). The molecule has 0 bridgehead atoms. The minimum atomic E-state index is 1.14. The van der Waals surface area contributed by atoms with Gasteiger partial charge in [0.2, 0.25) is 0 Å². The molecule has 0 unspecified atom stereocenters. The van der Waals surface area contributed by atoms with Crippen LogP contribution < -0.4 is 4.90 Å². The predicted octanol–water partition coefficient (Wildman–Crippen LogP) is 10.3. The fraction of sp³-hybridized carbons (Fsp3) is 0. The molecule has 174 valence electrons. The summed E-state index contributed by atoms with van der Waals surface area (Å²) in [5, 5.41) is 7.48. The molecule has 0 atom stereocenters. The van der Waals surface area contributed by atoms with Crippen LogP contribution in [0.5, 0.6) is 0 Å². The van der Waals surface area contributed by atoms with Crippen molar-refractivity contribution in [1.82, 2.24) is 0 Å². The smallest absolute Gasteiger partial charge is 0.0546 e. The topological polar surface area (TPSA) is 3.24 Å². The Morgan fingerprint density at radius 2 is 0.973 bits per heavy atom. The maximum atomic E-state index is 2.43. The highest BCUT2D eigenvalue weighted by molar-refractivity contribution is 6.15. The van der Waals surface area contributed by atoms with Crippen LogP contribution in [0, 0.1) is 0 Å². The average molecular weight is 472 g/mol. The van der Waals surface area contributed by atoms with Gasteiger partial charge in [0.05, 0.1) is 11.4 Å². The van der Waals surface area contributed by atoms with Gasteiger partial charge in [-0.3, -0.25) is 0 Å². The summed E-state index contributed by atoms with van der Waals surface area (Å²) in [4.78, 5) is 2.43. The van der Waals surface area contributed by atoms with Gasteiger partial charge in [0.15, 0.2) is 0 Å². The molecule has 0 saturated heterocycles. The summed E-state index contributed by atoms with van der Waals surface area (Å²) in [5.41, 5.74) is 5.88. The molecule has 37 heavy (non-hydrogen) atoms. The third-order valence-corrected chi connectivity index (χ3v) is 7.21. The zero-order valence-electron chi connectivity index (χ0n) is 20.4. The zero-order valence-corrected chi connectivity index (χ0v) is 20.4. The van der Waals surface area contributed by atoms with Crippen molar-refractivity contribution in [3.8, 4) is 11.1 Å². The predicted molar refractivity (Wildman–Crippen MR) is 159 cm³/mol. The van der Waals surface area contributed by atoms with Gasteiger partial charge in [-0.05, 0) is 56.8 Å². The standard InChI is InChI=1S/C36H25N/c1-2-13-27(14-3-1)32-18-10-11-21-35(32)37(30-23-22-26-12-4-5-15-28(26)24-30)36-25-29-16-6-7-17-31(29)33-19-8-9-20-34(33)36/h1-25H. The number of hydrogen-bond acceptors (Lipinski definition) is 1. The van der Waals surface area contributed by atoms with E-state index in [1.165, 1.54) is 49.1 Å². The maximum absolute atomic E-state index is 2.43. The van der Waals surface area contributed by atoms with E-state index in [1.54, 1.807) is 0 Å². The SMILES string of the molecule is c1ccc(-c2ccccc2N(c2ccc3ccccc3c2)c2cc3ccccc3c3ccccc23)cc1. The number of fused-ring (bicyclic) bond motifs is 4. The van der Waals surface area contributed by atoms with E-state index in [0.29, 0.717) is 0 Å². The molecule has 1 heteroatoms. The van der Waals surface area contributed by atoms with Gasteiger partial charge in [-0.15, -0.1) is 0 Å². The summed E-state index contributed by atoms with van der Waals surface area (Å²) in [7, 11) is 0. The van der Waals surface area contributed by atoms with Gasteiger partial charge >= 0.3 is 0 Å². The Balaban J connectivity index is 1.58. The van der Waals surface area contributed by atoms with Gasteiger partial charge in [-0.2, -0.15) is 0 Å². The first-order valence-corrected chi connectivity index (χ1v) is 12.7. The highest BCUT2D eigenvalue weighted by Crippen LogP contribution is 2.45. The van der Waals surface area contributed by atoms with E-state index < -0.39 is 0 Å². The average Bonchev–Trinajstić information content (AvgIpc) is 2.98. The van der Waals surface area contributed by atoms with Gasteiger partial charge < -0.3 is 4.90 Å². The number of rotatable bonds is 4. The number of benzene rings is 7. The molecular weight excluding hydrogens is 446 g/mol. The normalized spacial score (nSPS) is 11.2.